The minimum atomic E-state index is -3.86. The van der Waals surface area contributed by atoms with Crippen LogP contribution in [0.5, 0.6) is 17.2 Å². The van der Waals surface area contributed by atoms with Crippen LogP contribution in [0.1, 0.15) is 183 Å². The lowest BCUT2D eigenvalue weighted by atomic mass is 9.83. The molecule has 35 heteroatoms. The van der Waals surface area contributed by atoms with Crippen LogP contribution < -0.4 is 46.1 Å². The fraction of sp³-hybridized carbons (Fsp3) is 0.598. The number of esters is 2. The Morgan fingerprint density at radius 2 is 0.913 bits per heavy atom. The number of ketones is 1. The monoisotopic (exact) mass is 1820 g/mol. The standard InChI is InChI=1S/C42H56N6O10S.C25H34N2O7S.C25H34N2O5S/c1-4-13-32(38(51)40(53)43-25-35(50)46-36(41(54)47(2)3)28-15-7-5-8-16-28)44-39(52)33-24-31-26-48(33)42(55)37(29-17-9-6-10-18-29)45-34(49)23-27-14-11-19-30(22-27)58-20-12-21-59(31,56)57;1-33-25(30)21-15-20-16-27(21)24(29)23(18-8-3-2-4-9-18)26-22(28)14-17-7-5-10-19(13-17)34-11-6-12-35(20,31)32;1-31-25(30)21-15-20-16-27(21)24(29)23(18-8-3-2-4-9-18)26-22(28)14-17-7-5-10-19(13-17)32-11-6-12-33-20/h5,7-8,11,14-16,19,22,29,31-33,36-37H,4,6,9-10,12-13,17-18,20-21,23-26H2,1-3H3,(H,43,53)(H,44,52)(H,45,49)(H,46,50);5,7,10,13,18,20-21,23H,2-4,6,8-9,11-12,14-16H2,1H3,(H,26,28);5,7,10,13,18,20-21,23H,2-4,6,8-9,11-12,14-16H2,1H3,(H,26,28)/t31-,32?,33+,36+,37+;2*20-,21+,23+/m111/s1. The second-order valence-corrected chi connectivity index (χ2v) is 40.9. The third-order valence-corrected chi connectivity index (χ3v) is 31.1. The molecule has 32 nitrogen and oxygen atoms in total. The summed E-state index contributed by atoms with van der Waals surface area (Å²) in [4.78, 5) is 179. The number of carbonyl (C=O) groups excluding carboxylic acids is 13. The summed E-state index contributed by atoms with van der Waals surface area (Å²) in [6.07, 6.45) is 15.9. The van der Waals surface area contributed by atoms with Crippen molar-refractivity contribution in [3.05, 3.63) is 125 Å². The second-order valence-electron chi connectivity index (χ2n) is 34.7. The van der Waals surface area contributed by atoms with Gasteiger partial charge in [0.25, 0.3) is 5.91 Å². The Balaban J connectivity index is 0.000000197. The Morgan fingerprint density at radius 3 is 1.34 bits per heavy atom. The van der Waals surface area contributed by atoms with E-state index in [-0.39, 0.29) is 136 Å². The van der Waals surface area contributed by atoms with Crippen molar-refractivity contribution in [1.29, 1.82) is 0 Å². The highest BCUT2D eigenvalue weighted by atomic mass is 32.2. The van der Waals surface area contributed by atoms with Crippen molar-refractivity contribution in [2.75, 3.05) is 91.6 Å². The van der Waals surface area contributed by atoms with Crippen LogP contribution in [0.4, 0.5) is 0 Å². The number of nitrogens with one attached hydrogen (secondary N) is 6. The van der Waals surface area contributed by atoms with Crippen molar-refractivity contribution in [3.63, 3.8) is 0 Å². The number of hydrogen-bond acceptors (Lipinski definition) is 23. The van der Waals surface area contributed by atoms with Gasteiger partial charge >= 0.3 is 11.9 Å². The summed E-state index contributed by atoms with van der Waals surface area (Å²) < 4.78 is 81.1. The molecule has 6 fully saturated rings. The Labute approximate surface area is 748 Å². The van der Waals surface area contributed by atoms with Gasteiger partial charge in [0, 0.05) is 39.0 Å². The zero-order valence-corrected chi connectivity index (χ0v) is 75.8. The third kappa shape index (κ3) is 27.0. The van der Waals surface area contributed by atoms with Crippen LogP contribution in [0.3, 0.4) is 0 Å². The molecule has 4 aromatic rings. The van der Waals surface area contributed by atoms with Crippen molar-refractivity contribution in [2.45, 2.75) is 238 Å². The van der Waals surface area contributed by atoms with Gasteiger partial charge < -0.3 is 75.2 Å². The van der Waals surface area contributed by atoms with Gasteiger partial charge in [-0.15, -0.1) is 0 Å². The van der Waals surface area contributed by atoms with Crippen LogP contribution in [-0.4, -0.2) is 263 Å². The van der Waals surface area contributed by atoms with Gasteiger partial charge in [0.05, 0.1) is 87.9 Å². The molecule has 0 aromatic heterocycles. The highest BCUT2D eigenvalue weighted by Gasteiger charge is 2.51. The third-order valence-electron chi connectivity index (χ3n) is 25.4. The first-order valence-corrected chi connectivity index (χ1v) is 49.3. The number of fused-ring (bicyclic) bond motifs is 12. The molecular weight excluding hydrogens is 1690 g/mol. The van der Waals surface area contributed by atoms with Crippen LogP contribution in [0, 0.1) is 17.8 Å². The molecule has 13 rings (SSSR count). The van der Waals surface area contributed by atoms with Crippen molar-refractivity contribution in [2.24, 2.45) is 17.8 Å². The van der Waals surface area contributed by atoms with E-state index in [1.54, 1.807) is 96.4 Å². The van der Waals surface area contributed by atoms with E-state index in [9.17, 15) is 79.2 Å². The number of sulfone groups is 2. The van der Waals surface area contributed by atoms with E-state index in [1.165, 1.54) is 43.0 Å². The van der Waals surface area contributed by atoms with E-state index in [2.05, 4.69) is 31.9 Å². The quantitative estimate of drug-likeness (QED) is 0.0556. The topological polar surface area (TPSA) is 421 Å². The lowest BCUT2D eigenvalue weighted by Crippen LogP contribution is -2.58. The number of hydrogen-bond donors (Lipinski definition) is 6. The molecule has 12 bridgehead atoms. The number of nitrogens with zero attached hydrogens (tertiary/aromatic N) is 4. The maximum absolute atomic E-state index is 14.6. The van der Waals surface area contributed by atoms with Gasteiger partial charge in [-0.3, -0.25) is 52.7 Å². The van der Waals surface area contributed by atoms with E-state index in [0.29, 0.717) is 61.5 Å². The van der Waals surface area contributed by atoms with Crippen molar-refractivity contribution in [1.82, 2.24) is 51.5 Å². The SMILES string of the molecule is CCCC(NC(=O)[C@@H]1C[C@@H]2CN1C(=O)[C@H](C1CCCCC1)NC(=O)Cc1cccc(c1)OCCCS2(=O)=O)C(=O)C(=O)NCC(=O)N[C@H](C(=O)N(C)C)c1ccccc1.COC(=O)[C@@H]1C[C@@H]2CN1C(=O)[C@H](C1CCCCC1)NC(=O)Cc1cccc(c1)OCCCS2.COC(=O)[C@@H]1C[C@@H]2CN1C(=O)[C@H](C1CCCCC1)NC(=O)Cc1cccc(c1)OCCCS2(=O)=O. The van der Waals surface area contributed by atoms with E-state index >= 15 is 0 Å². The normalized spacial score (nSPS) is 25.2. The van der Waals surface area contributed by atoms with Crippen LogP contribution >= 0.6 is 11.8 Å². The zero-order chi connectivity index (χ0) is 90.9. The molecule has 6 N–H and O–H groups in total. The predicted octanol–water partition coefficient (Wildman–Crippen LogP) is 5.96. The highest BCUT2D eigenvalue weighted by Crippen LogP contribution is 2.37. The van der Waals surface area contributed by atoms with Crippen LogP contribution in [0.15, 0.2) is 103 Å². The van der Waals surface area contributed by atoms with Gasteiger partial charge in [-0.2, -0.15) is 11.8 Å². The molecule has 127 heavy (non-hydrogen) atoms. The minimum Gasteiger partial charge on any atom is -0.494 e. The summed E-state index contributed by atoms with van der Waals surface area (Å²) in [7, 11) is -1.78. The Morgan fingerprint density at radius 1 is 0.504 bits per heavy atom. The van der Waals surface area contributed by atoms with E-state index in [1.807, 2.05) is 30.3 Å². The minimum absolute atomic E-state index is 0.00624. The van der Waals surface area contributed by atoms with Crippen LogP contribution in [0.2, 0.25) is 0 Å². The summed E-state index contributed by atoms with van der Waals surface area (Å²) in [5, 5.41) is 14.6. The smallest absolute Gasteiger partial charge is 0.328 e. The predicted molar refractivity (Wildman–Crippen MR) is 473 cm³/mol. The fourth-order valence-corrected chi connectivity index (χ4v) is 23.3. The van der Waals surface area contributed by atoms with E-state index in [0.717, 1.165) is 113 Å². The Bertz CT molecular complexity index is 4770. The van der Waals surface area contributed by atoms with Gasteiger partial charge in [0.15, 0.2) is 19.7 Å². The Kier molecular flexibility index (Phi) is 35.8. The molecule has 11 atom stereocenters. The van der Waals surface area contributed by atoms with Crippen molar-refractivity contribution >= 4 is 108 Å². The van der Waals surface area contributed by atoms with Gasteiger partial charge in [-0.25, -0.2) is 26.4 Å². The first-order valence-electron chi connectivity index (χ1n) is 44.8. The molecule has 0 radical (unpaired) electrons. The fourth-order valence-electron chi connectivity index (χ4n) is 18.6. The number of amides is 10. The van der Waals surface area contributed by atoms with Crippen LogP contribution in [-0.2, 0) is 111 Å². The molecule has 6 heterocycles. The molecule has 0 spiro atoms. The maximum Gasteiger partial charge on any atom is 0.328 e. The van der Waals surface area contributed by atoms with Gasteiger partial charge in [-0.05, 0) is 166 Å². The number of benzene rings is 4. The van der Waals surface area contributed by atoms with E-state index in [4.69, 9.17) is 23.7 Å². The second kappa shape index (κ2) is 46.7. The number of carbonyl (C=O) groups is 13. The molecule has 692 valence electrons. The summed E-state index contributed by atoms with van der Waals surface area (Å²) >= 11 is 1.78. The number of methoxy groups -OCH3 is 2. The molecule has 9 aliphatic rings. The lowest BCUT2D eigenvalue weighted by Gasteiger charge is -2.35. The highest BCUT2D eigenvalue weighted by molar-refractivity contribution is 7.99. The average molecular weight is 1820 g/mol. The summed E-state index contributed by atoms with van der Waals surface area (Å²) in [6, 6.07) is 22.4. The van der Waals surface area contributed by atoms with Gasteiger partial charge in [0.1, 0.15) is 59.5 Å². The Hall–Kier alpha value is -10.2. The molecule has 3 aliphatic carbocycles. The number of thioether (sulfide) groups is 1. The number of Topliss-reactive ketones (excluding diaryl/α,β-unsaturated/α-hetero) is 1. The number of likely N-dealkylation sites (N-methyl/N-ethyl adjacent to an activating group) is 1. The van der Waals surface area contributed by atoms with Gasteiger partial charge in [-0.1, -0.05) is 138 Å². The molecule has 3 saturated carbocycles. The number of ether oxygens (including phenoxy) is 5. The van der Waals surface area contributed by atoms with Crippen molar-refractivity contribution < 1.29 is 103 Å². The van der Waals surface area contributed by atoms with E-state index < -0.39 is 138 Å². The molecule has 4 aromatic carbocycles. The maximum atomic E-state index is 14.6. The largest absolute Gasteiger partial charge is 0.494 e. The first kappa shape index (κ1) is 97.5. The zero-order valence-electron chi connectivity index (χ0n) is 73.3. The summed E-state index contributed by atoms with van der Waals surface area (Å²) in [6.45, 7) is 2.10. The molecule has 1 unspecified atom stereocenters. The van der Waals surface area contributed by atoms with Crippen molar-refractivity contribution in [3.8, 4) is 17.2 Å². The van der Waals surface area contributed by atoms with Gasteiger partial charge in [0.2, 0.25) is 58.9 Å². The summed E-state index contributed by atoms with van der Waals surface area (Å²) in [5.41, 5.74) is 2.77. The lowest BCUT2D eigenvalue weighted by molar-refractivity contribution is -0.152. The van der Waals surface area contributed by atoms with Crippen LogP contribution in [0.25, 0.3) is 0 Å². The molecular formula is C92H124N10O22S3. The number of rotatable bonds is 16. The summed E-state index contributed by atoms with van der Waals surface area (Å²) in [5.74, 6) is -5.03. The molecule has 10 amide bonds. The average Bonchev–Trinajstić information content (AvgIpc) is 1.65. The first-order chi connectivity index (χ1) is 61.0. The molecule has 6 aliphatic heterocycles. The molecule has 3 saturated heterocycles.